The largest absolute Gasteiger partial charge is 0.421 e. The van der Waals surface area contributed by atoms with Crippen LogP contribution < -0.4 is 0 Å². The summed E-state index contributed by atoms with van der Waals surface area (Å²) in [6.45, 7) is 0. The molecule has 0 radical (unpaired) electrons. The first-order valence-corrected chi connectivity index (χ1v) is 7.64. The van der Waals surface area contributed by atoms with Gasteiger partial charge in [-0.05, 0) is 12.0 Å². The summed E-state index contributed by atoms with van der Waals surface area (Å²) in [5.41, 5.74) is 0.847. The molecule has 0 aliphatic carbocycles. The molecule has 2 rings (SSSR count). The van der Waals surface area contributed by atoms with Crippen LogP contribution in [0, 0.1) is 0 Å². The van der Waals surface area contributed by atoms with Gasteiger partial charge < -0.3 is 4.18 Å². The molecular weight excluding hydrogens is 298 g/mol. The molecule has 0 aromatic heterocycles. The van der Waals surface area contributed by atoms with Crippen molar-refractivity contribution in [1.82, 2.24) is 4.31 Å². The second-order valence-electron chi connectivity index (χ2n) is 4.45. The molecule has 0 N–H and O–H groups in total. The van der Waals surface area contributed by atoms with Gasteiger partial charge in [-0.1, -0.05) is 30.3 Å². The van der Waals surface area contributed by atoms with Crippen molar-refractivity contribution in [3.05, 3.63) is 35.9 Å². The van der Waals surface area contributed by atoms with Crippen molar-refractivity contribution in [3.63, 3.8) is 0 Å². The number of hydrogen-bond acceptors (Lipinski definition) is 6. The highest BCUT2D eigenvalue weighted by molar-refractivity contribution is 7.86. The second kappa shape index (κ2) is 6.04. The van der Waals surface area contributed by atoms with Gasteiger partial charge in [-0.25, -0.2) is 0 Å². The van der Waals surface area contributed by atoms with Gasteiger partial charge in [-0.15, -0.1) is 4.31 Å². The van der Waals surface area contributed by atoms with Crippen LogP contribution in [0.25, 0.3) is 0 Å². The molecule has 1 heterocycles. The Morgan fingerprint density at radius 3 is 2.24 bits per heavy atom. The summed E-state index contributed by atoms with van der Waals surface area (Å²) in [5, 5.41) is 0. The third-order valence-electron chi connectivity index (χ3n) is 2.89. The van der Waals surface area contributed by atoms with Crippen LogP contribution in [0.3, 0.4) is 0 Å². The smallest absolute Gasteiger partial charge is 0.330 e. The lowest BCUT2D eigenvalue weighted by Gasteiger charge is -2.13. The van der Waals surface area contributed by atoms with Crippen molar-refractivity contribution in [2.45, 2.75) is 25.7 Å². The van der Waals surface area contributed by atoms with E-state index in [1.165, 1.54) is 0 Å². The Labute approximate surface area is 121 Å². The first kappa shape index (κ1) is 15.2. The first-order chi connectivity index (χ1) is 9.90. The molecule has 0 saturated carbocycles. The summed E-state index contributed by atoms with van der Waals surface area (Å²) in [7, 11) is -4.68. The Morgan fingerprint density at radius 1 is 1.10 bits per heavy atom. The van der Waals surface area contributed by atoms with Crippen LogP contribution in [0.5, 0.6) is 0 Å². The van der Waals surface area contributed by atoms with Crippen LogP contribution in [-0.4, -0.2) is 30.5 Å². The molecule has 1 aliphatic rings. The monoisotopic (exact) mass is 311 g/mol. The average molecular weight is 311 g/mol. The Bertz CT molecular complexity index is 651. The SMILES string of the molecule is O=C(CCc1ccccc1)OS(=O)(=O)N1C(=O)CCC1=O. The fourth-order valence-electron chi connectivity index (χ4n) is 1.89. The number of carbonyl (C=O) groups is 3. The van der Waals surface area contributed by atoms with Gasteiger partial charge >= 0.3 is 16.3 Å². The molecule has 1 aliphatic heterocycles. The van der Waals surface area contributed by atoms with Crippen LogP contribution >= 0.6 is 0 Å². The van der Waals surface area contributed by atoms with Crippen molar-refractivity contribution < 1.29 is 27.0 Å². The van der Waals surface area contributed by atoms with Crippen LogP contribution in [0.4, 0.5) is 0 Å². The second-order valence-corrected chi connectivity index (χ2v) is 5.84. The summed E-state index contributed by atoms with van der Waals surface area (Å²) in [6.07, 6.45) is -0.254. The normalized spacial score (nSPS) is 15.3. The summed E-state index contributed by atoms with van der Waals surface area (Å²) >= 11 is 0. The van der Waals surface area contributed by atoms with Gasteiger partial charge in [0.2, 0.25) is 11.8 Å². The molecule has 1 fully saturated rings. The van der Waals surface area contributed by atoms with E-state index in [-0.39, 0.29) is 23.6 Å². The molecule has 112 valence electrons. The number of aryl methyl sites for hydroxylation is 1. The number of carbonyl (C=O) groups excluding carboxylic acids is 3. The maximum Gasteiger partial charge on any atom is 0.421 e. The summed E-state index contributed by atoms with van der Waals surface area (Å²) in [4.78, 5) is 34.2. The van der Waals surface area contributed by atoms with E-state index in [9.17, 15) is 22.8 Å². The molecule has 21 heavy (non-hydrogen) atoms. The van der Waals surface area contributed by atoms with E-state index in [4.69, 9.17) is 0 Å². The van der Waals surface area contributed by atoms with Crippen LogP contribution in [0.15, 0.2) is 30.3 Å². The highest BCUT2D eigenvalue weighted by Crippen LogP contribution is 2.18. The van der Waals surface area contributed by atoms with Gasteiger partial charge in [0.05, 0.1) is 6.42 Å². The molecule has 8 heteroatoms. The molecular formula is C13H13NO6S. The van der Waals surface area contributed by atoms with Gasteiger partial charge in [0, 0.05) is 12.8 Å². The quantitative estimate of drug-likeness (QED) is 0.737. The molecule has 1 saturated heterocycles. The van der Waals surface area contributed by atoms with Crippen LogP contribution in [0.1, 0.15) is 24.8 Å². The van der Waals surface area contributed by atoms with Gasteiger partial charge in [-0.2, -0.15) is 8.42 Å². The number of imide groups is 1. The van der Waals surface area contributed by atoms with Crippen LogP contribution in [-0.2, 0) is 35.3 Å². The van der Waals surface area contributed by atoms with Crippen molar-refractivity contribution in [2.75, 3.05) is 0 Å². The highest BCUT2D eigenvalue weighted by Gasteiger charge is 2.41. The number of benzene rings is 1. The summed E-state index contributed by atoms with van der Waals surface area (Å²) in [5.74, 6) is -2.77. The third-order valence-corrected chi connectivity index (χ3v) is 4.14. The fourth-order valence-corrected chi connectivity index (χ4v) is 2.97. The summed E-state index contributed by atoms with van der Waals surface area (Å²) in [6, 6.07) is 8.97. The Hall–Kier alpha value is -2.22. The summed E-state index contributed by atoms with van der Waals surface area (Å²) < 4.78 is 27.8. The van der Waals surface area contributed by atoms with Gasteiger partial charge in [0.25, 0.3) is 0 Å². The lowest BCUT2D eigenvalue weighted by Crippen LogP contribution is -2.38. The Balaban J connectivity index is 1.95. The van der Waals surface area contributed by atoms with Crippen LogP contribution in [0.2, 0.25) is 0 Å². The van der Waals surface area contributed by atoms with E-state index in [2.05, 4.69) is 4.18 Å². The number of hydrogen-bond donors (Lipinski definition) is 0. The minimum Gasteiger partial charge on any atom is -0.330 e. The van der Waals surface area contributed by atoms with E-state index >= 15 is 0 Å². The maximum absolute atomic E-state index is 11.7. The molecule has 2 amide bonds. The van der Waals surface area contributed by atoms with E-state index < -0.39 is 28.1 Å². The van der Waals surface area contributed by atoms with E-state index in [0.29, 0.717) is 6.42 Å². The predicted octanol–water partition coefficient (Wildman–Crippen LogP) is 0.556. The topological polar surface area (TPSA) is 97.8 Å². The number of nitrogens with zero attached hydrogens (tertiary/aromatic N) is 1. The Morgan fingerprint density at radius 2 is 1.67 bits per heavy atom. The molecule has 0 unspecified atom stereocenters. The molecule has 7 nitrogen and oxygen atoms in total. The van der Waals surface area contributed by atoms with Crippen molar-refractivity contribution >= 4 is 28.1 Å². The molecule has 1 aromatic rings. The van der Waals surface area contributed by atoms with Crippen molar-refractivity contribution in [3.8, 4) is 0 Å². The minimum absolute atomic E-state index is 0.0212. The molecule has 1 aromatic carbocycles. The fraction of sp³-hybridized carbons (Fsp3) is 0.308. The average Bonchev–Trinajstić information content (AvgIpc) is 2.77. The standard InChI is InChI=1S/C13H13NO6S/c15-11-7-8-12(16)14(11)21(18,19)20-13(17)9-6-10-4-2-1-3-5-10/h1-5H,6-9H2. The van der Waals surface area contributed by atoms with Gasteiger partial charge in [0.1, 0.15) is 0 Å². The predicted molar refractivity (Wildman–Crippen MR) is 70.9 cm³/mol. The van der Waals surface area contributed by atoms with Gasteiger partial charge in [-0.3, -0.25) is 14.4 Å². The molecule has 0 bridgehead atoms. The maximum atomic E-state index is 11.7. The zero-order chi connectivity index (χ0) is 15.5. The third kappa shape index (κ3) is 3.66. The Kier molecular flexibility index (Phi) is 4.37. The minimum atomic E-state index is -4.68. The lowest BCUT2D eigenvalue weighted by molar-refractivity contribution is -0.135. The number of amides is 2. The first-order valence-electron chi connectivity index (χ1n) is 6.27. The lowest BCUT2D eigenvalue weighted by atomic mass is 10.1. The highest BCUT2D eigenvalue weighted by atomic mass is 32.2. The van der Waals surface area contributed by atoms with Crippen molar-refractivity contribution in [2.24, 2.45) is 0 Å². The van der Waals surface area contributed by atoms with Gasteiger partial charge in [0.15, 0.2) is 0 Å². The molecule has 0 spiro atoms. The van der Waals surface area contributed by atoms with E-state index in [0.717, 1.165) is 5.56 Å². The van der Waals surface area contributed by atoms with Crippen molar-refractivity contribution in [1.29, 1.82) is 0 Å². The molecule has 0 atom stereocenters. The zero-order valence-electron chi connectivity index (χ0n) is 11.0. The number of rotatable bonds is 5. The van der Waals surface area contributed by atoms with E-state index in [1.54, 1.807) is 24.3 Å². The zero-order valence-corrected chi connectivity index (χ0v) is 11.8. The van der Waals surface area contributed by atoms with E-state index in [1.807, 2.05) is 6.07 Å².